The molecule has 202 valence electrons. The molecule has 10 heteroatoms. The minimum Gasteiger partial charge on any atom is -0.336 e. The van der Waals surface area contributed by atoms with Gasteiger partial charge in [-0.15, -0.1) is 0 Å². The molecule has 4 aromatic rings. The molecule has 1 saturated heterocycles. The molecule has 5 rings (SSSR count). The monoisotopic (exact) mass is 560 g/mol. The quantitative estimate of drug-likeness (QED) is 0.304. The number of ketones is 1. The molecular formula is C30H23ClF2N4O3. The Balaban J connectivity index is 1.41. The lowest BCUT2D eigenvalue weighted by molar-refractivity contribution is -0.137. The third kappa shape index (κ3) is 4.94. The molecular weight excluding hydrogens is 538 g/mol. The Kier molecular flexibility index (Phi) is 7.37. The van der Waals surface area contributed by atoms with Crippen LogP contribution in [-0.2, 0) is 16.1 Å². The fraction of sp³-hybridized carbons (Fsp3) is 0.200. The predicted molar refractivity (Wildman–Crippen MR) is 147 cm³/mol. The molecule has 1 aliphatic rings. The molecule has 0 unspecified atom stereocenters. The van der Waals surface area contributed by atoms with E-state index in [2.05, 4.69) is 11.4 Å². The minimum absolute atomic E-state index is 0.127. The van der Waals surface area contributed by atoms with Crippen molar-refractivity contribution in [2.24, 2.45) is 0 Å². The van der Waals surface area contributed by atoms with E-state index in [9.17, 15) is 24.0 Å². The number of hydrogen-bond acceptors (Lipinski definition) is 4. The summed E-state index contributed by atoms with van der Waals surface area (Å²) in [7, 11) is 0. The maximum Gasteiger partial charge on any atom is 0.247 e. The summed E-state index contributed by atoms with van der Waals surface area (Å²) in [6, 6.07) is 16.9. The van der Waals surface area contributed by atoms with Crippen LogP contribution in [0.25, 0.3) is 22.0 Å². The van der Waals surface area contributed by atoms with E-state index in [4.69, 9.17) is 11.6 Å². The highest BCUT2D eigenvalue weighted by Crippen LogP contribution is 2.33. The summed E-state index contributed by atoms with van der Waals surface area (Å²) in [6.45, 7) is 0.743. The molecule has 2 atom stereocenters. The Morgan fingerprint density at radius 2 is 1.80 bits per heavy atom. The number of fused-ring (bicyclic) bond motifs is 1. The van der Waals surface area contributed by atoms with Crippen LogP contribution in [0.2, 0.25) is 5.02 Å². The molecule has 0 saturated carbocycles. The maximum atomic E-state index is 15.4. The van der Waals surface area contributed by atoms with Crippen LogP contribution in [-0.4, -0.2) is 45.8 Å². The number of nitrogens with one attached hydrogen (secondary N) is 1. The zero-order chi connectivity index (χ0) is 28.6. The predicted octanol–water partition coefficient (Wildman–Crippen LogP) is 5.75. The van der Waals surface area contributed by atoms with Crippen molar-refractivity contribution in [3.8, 4) is 17.2 Å². The Bertz CT molecular complexity index is 1710. The van der Waals surface area contributed by atoms with Crippen LogP contribution in [0.3, 0.4) is 0 Å². The average Bonchev–Trinajstić information content (AvgIpc) is 3.51. The fourth-order valence-electron chi connectivity index (χ4n) is 5.13. The van der Waals surface area contributed by atoms with Crippen LogP contribution in [0, 0.1) is 17.1 Å². The molecule has 2 heterocycles. The van der Waals surface area contributed by atoms with Gasteiger partial charge in [-0.3, -0.25) is 14.4 Å². The van der Waals surface area contributed by atoms with Crippen molar-refractivity contribution in [2.45, 2.75) is 32.1 Å². The highest BCUT2D eigenvalue weighted by atomic mass is 35.5. The van der Waals surface area contributed by atoms with Crippen LogP contribution in [0.1, 0.15) is 29.3 Å². The van der Waals surface area contributed by atoms with Gasteiger partial charge in [0.25, 0.3) is 0 Å². The van der Waals surface area contributed by atoms with Gasteiger partial charge in [-0.2, -0.15) is 5.26 Å². The first kappa shape index (κ1) is 27.0. The van der Waals surface area contributed by atoms with E-state index in [-0.39, 0.29) is 42.1 Å². The van der Waals surface area contributed by atoms with Gasteiger partial charge < -0.3 is 14.8 Å². The van der Waals surface area contributed by atoms with Crippen LogP contribution in [0.5, 0.6) is 0 Å². The maximum absolute atomic E-state index is 15.4. The number of carbonyl (C=O) groups excluding carboxylic acids is 3. The number of anilines is 1. The van der Waals surface area contributed by atoms with E-state index in [1.807, 2.05) is 0 Å². The van der Waals surface area contributed by atoms with E-state index < -0.39 is 29.8 Å². The summed E-state index contributed by atoms with van der Waals surface area (Å²) in [5.74, 6) is -2.26. The number of rotatable bonds is 6. The van der Waals surface area contributed by atoms with Gasteiger partial charge in [0.05, 0.1) is 23.3 Å². The lowest BCUT2D eigenvalue weighted by atomic mass is 10.0. The normalized spacial score (nSPS) is 16.6. The molecule has 40 heavy (non-hydrogen) atoms. The van der Waals surface area contributed by atoms with Gasteiger partial charge in [-0.25, -0.2) is 8.78 Å². The molecule has 0 bridgehead atoms. The number of Topliss-reactive ketones (excluding diaryl/α,β-unsaturated/α-hetero) is 1. The SMILES string of the molecule is CC(=O)c1cn(CC(=O)N2C[C@H](F)C[C@H]2C(=O)Nc2cccc(-c3ccccc3Cl)c2F)c2c(C#N)cccc12. The van der Waals surface area contributed by atoms with Gasteiger partial charge in [-0.05, 0) is 25.1 Å². The average molecular weight is 561 g/mol. The van der Waals surface area contributed by atoms with E-state index in [0.29, 0.717) is 27.1 Å². The molecule has 0 aliphatic carbocycles. The van der Waals surface area contributed by atoms with Crippen molar-refractivity contribution >= 4 is 45.8 Å². The van der Waals surface area contributed by atoms with Crippen LogP contribution in [0.15, 0.2) is 66.9 Å². The first-order valence-electron chi connectivity index (χ1n) is 12.5. The smallest absolute Gasteiger partial charge is 0.247 e. The van der Waals surface area contributed by atoms with Gasteiger partial charge in [0.15, 0.2) is 11.6 Å². The number of nitriles is 1. The summed E-state index contributed by atoms with van der Waals surface area (Å²) < 4.78 is 31.4. The van der Waals surface area contributed by atoms with Gasteiger partial charge in [-0.1, -0.05) is 54.1 Å². The molecule has 1 aliphatic heterocycles. The van der Waals surface area contributed by atoms with Crippen LogP contribution in [0.4, 0.5) is 14.5 Å². The Morgan fingerprint density at radius 3 is 2.52 bits per heavy atom. The second kappa shape index (κ2) is 10.9. The van der Waals surface area contributed by atoms with Crippen molar-refractivity contribution in [2.75, 3.05) is 11.9 Å². The highest BCUT2D eigenvalue weighted by molar-refractivity contribution is 6.33. The molecule has 0 radical (unpaired) electrons. The number of para-hydroxylation sites is 1. The standard InChI is InChI=1S/C30H23ClF2N4O3/c1-17(38)23-15-36(29-18(13-34)6-4-9-22(23)29)16-27(39)37-14-19(32)12-26(37)30(40)35-25-11-5-8-21(28(25)33)20-7-2-3-10-24(20)31/h2-11,15,19,26H,12,14,16H2,1H3,(H,35,40)/t19-,26+/m1/s1. The summed E-state index contributed by atoms with van der Waals surface area (Å²) in [5.41, 5.74) is 1.51. The number of likely N-dealkylation sites (tertiary alicyclic amines) is 1. The Hall–Kier alpha value is -4.55. The van der Waals surface area contributed by atoms with Crippen molar-refractivity contribution in [3.63, 3.8) is 0 Å². The number of halogens is 3. The fourth-order valence-corrected chi connectivity index (χ4v) is 5.37. The first-order valence-corrected chi connectivity index (χ1v) is 12.9. The number of nitrogens with zero attached hydrogens (tertiary/aromatic N) is 3. The second-order valence-corrected chi connectivity index (χ2v) is 9.98. The van der Waals surface area contributed by atoms with Crippen molar-refractivity contribution in [3.05, 3.63) is 88.8 Å². The highest BCUT2D eigenvalue weighted by Gasteiger charge is 2.40. The van der Waals surface area contributed by atoms with Gasteiger partial charge >= 0.3 is 0 Å². The number of alkyl halides is 1. The third-order valence-corrected chi connectivity index (χ3v) is 7.33. The largest absolute Gasteiger partial charge is 0.336 e. The number of amides is 2. The molecule has 1 N–H and O–H groups in total. The molecule has 1 aromatic heterocycles. The van der Waals surface area contributed by atoms with E-state index in [0.717, 1.165) is 4.90 Å². The van der Waals surface area contributed by atoms with Gasteiger partial charge in [0, 0.05) is 39.7 Å². The van der Waals surface area contributed by atoms with Gasteiger partial charge in [0.1, 0.15) is 24.8 Å². The lowest BCUT2D eigenvalue weighted by Gasteiger charge is -2.24. The molecule has 1 fully saturated rings. The zero-order valence-electron chi connectivity index (χ0n) is 21.3. The molecule has 0 spiro atoms. The number of aromatic nitrogens is 1. The third-order valence-electron chi connectivity index (χ3n) is 7.00. The van der Waals surface area contributed by atoms with E-state index in [1.54, 1.807) is 48.5 Å². The Morgan fingerprint density at radius 1 is 1.07 bits per heavy atom. The van der Waals surface area contributed by atoms with E-state index >= 15 is 4.39 Å². The van der Waals surface area contributed by atoms with Crippen molar-refractivity contribution in [1.82, 2.24) is 9.47 Å². The van der Waals surface area contributed by atoms with Crippen molar-refractivity contribution < 1.29 is 23.2 Å². The Labute approximate surface area is 233 Å². The molecule has 2 amide bonds. The summed E-state index contributed by atoms with van der Waals surface area (Å²) >= 11 is 6.22. The van der Waals surface area contributed by atoms with E-state index in [1.165, 1.54) is 29.8 Å². The summed E-state index contributed by atoms with van der Waals surface area (Å²) in [5, 5.41) is 13.0. The summed E-state index contributed by atoms with van der Waals surface area (Å²) in [4.78, 5) is 40.0. The lowest BCUT2D eigenvalue weighted by Crippen LogP contribution is -2.44. The second-order valence-electron chi connectivity index (χ2n) is 9.57. The molecule has 7 nitrogen and oxygen atoms in total. The topological polar surface area (TPSA) is 95.2 Å². The first-order chi connectivity index (χ1) is 19.2. The number of benzene rings is 3. The zero-order valence-corrected chi connectivity index (χ0v) is 22.1. The van der Waals surface area contributed by atoms with Crippen LogP contribution >= 0.6 is 11.6 Å². The summed E-state index contributed by atoms with van der Waals surface area (Å²) in [6.07, 6.45) is -0.222. The van der Waals surface area contributed by atoms with Crippen molar-refractivity contribution in [1.29, 1.82) is 5.26 Å². The minimum atomic E-state index is -1.46. The molecule has 3 aromatic carbocycles. The van der Waals surface area contributed by atoms with Crippen LogP contribution < -0.4 is 5.32 Å². The van der Waals surface area contributed by atoms with Gasteiger partial charge in [0.2, 0.25) is 11.8 Å². The number of hydrogen-bond donors (Lipinski definition) is 1. The number of carbonyl (C=O) groups is 3.